The predicted molar refractivity (Wildman–Crippen MR) is 203 cm³/mol. The number of carbonyl (C=O) groups is 6. The predicted octanol–water partition coefficient (Wildman–Crippen LogP) is 2.30. The van der Waals surface area contributed by atoms with Crippen molar-refractivity contribution in [2.45, 2.75) is 84.5 Å². The van der Waals surface area contributed by atoms with E-state index in [1.807, 2.05) is 27.7 Å². The molecule has 2 aromatic rings. The van der Waals surface area contributed by atoms with Gasteiger partial charge in [-0.1, -0.05) is 45.9 Å². The lowest BCUT2D eigenvalue weighted by Gasteiger charge is -2.36. The van der Waals surface area contributed by atoms with Crippen LogP contribution < -0.4 is 30.7 Å². The van der Waals surface area contributed by atoms with Crippen LogP contribution in [-0.4, -0.2) is 110 Å². The first kappa shape index (κ1) is 41.6. The molecule has 0 aromatic heterocycles. The Morgan fingerprint density at radius 2 is 1.43 bits per heavy atom. The lowest BCUT2D eigenvalue weighted by Crippen LogP contribution is -2.57. The third-order valence-corrected chi connectivity index (χ3v) is 9.99. The fourth-order valence-electron chi connectivity index (χ4n) is 6.70. The normalized spacial score (nSPS) is 22.4. The average molecular weight is 749 g/mol. The van der Waals surface area contributed by atoms with Crippen molar-refractivity contribution < 1.29 is 38.2 Å². The molecule has 2 heterocycles. The molecule has 2 fully saturated rings. The molecule has 2 aliphatic heterocycles. The van der Waals surface area contributed by atoms with Gasteiger partial charge in [0.05, 0.1) is 20.8 Å². The van der Waals surface area contributed by atoms with Gasteiger partial charge in [0.1, 0.15) is 29.6 Å². The number of benzene rings is 2. The largest absolute Gasteiger partial charge is 0.497 e. The molecule has 294 valence electrons. The number of hydrogen-bond donors (Lipinski definition) is 4. The van der Waals surface area contributed by atoms with Crippen LogP contribution >= 0.6 is 0 Å². The van der Waals surface area contributed by atoms with Crippen LogP contribution in [0.25, 0.3) is 0 Å². The van der Waals surface area contributed by atoms with E-state index in [0.29, 0.717) is 43.0 Å². The molecule has 0 aliphatic carbocycles. The third-order valence-electron chi connectivity index (χ3n) is 9.99. The maximum atomic E-state index is 14.2. The van der Waals surface area contributed by atoms with Crippen LogP contribution in [0, 0.1) is 17.8 Å². The van der Waals surface area contributed by atoms with Crippen molar-refractivity contribution >= 4 is 35.4 Å². The zero-order chi connectivity index (χ0) is 39.5. The van der Waals surface area contributed by atoms with Crippen molar-refractivity contribution in [1.82, 2.24) is 31.1 Å². The van der Waals surface area contributed by atoms with E-state index >= 15 is 0 Å². The minimum Gasteiger partial charge on any atom is -0.497 e. The molecule has 0 saturated carbocycles. The molecule has 54 heavy (non-hydrogen) atoms. The van der Waals surface area contributed by atoms with Crippen LogP contribution in [0.5, 0.6) is 11.5 Å². The van der Waals surface area contributed by atoms with Crippen LogP contribution in [0.1, 0.15) is 69.8 Å². The van der Waals surface area contributed by atoms with E-state index in [2.05, 4.69) is 21.3 Å². The van der Waals surface area contributed by atoms with Gasteiger partial charge in [-0.3, -0.25) is 28.8 Å². The molecule has 0 bridgehead atoms. The Bertz CT molecular complexity index is 1640. The Hall–Kier alpha value is -5.14. The Morgan fingerprint density at radius 3 is 2.04 bits per heavy atom. The molecule has 14 heteroatoms. The van der Waals surface area contributed by atoms with Gasteiger partial charge < -0.3 is 40.5 Å². The molecular weight excluding hydrogens is 692 g/mol. The zero-order valence-electron chi connectivity index (χ0n) is 32.5. The fraction of sp³-hybridized carbons (Fsp3) is 0.550. The molecule has 4 rings (SSSR count). The molecule has 0 unspecified atom stereocenters. The van der Waals surface area contributed by atoms with Crippen molar-refractivity contribution in [1.29, 1.82) is 0 Å². The number of likely N-dealkylation sites (tertiary alicyclic amines) is 1. The van der Waals surface area contributed by atoms with Crippen molar-refractivity contribution in [3.8, 4) is 11.5 Å². The summed E-state index contributed by atoms with van der Waals surface area (Å²) < 4.78 is 10.5. The van der Waals surface area contributed by atoms with E-state index in [4.69, 9.17) is 9.47 Å². The number of nitrogens with zero attached hydrogens (tertiary/aromatic N) is 2. The summed E-state index contributed by atoms with van der Waals surface area (Å²) in [4.78, 5) is 85.5. The SMILES string of the molecule is COc1ccc(C[C@@H]2NC(=O)[C@H](CC(C)C)NC(=O)CN(C(=O)C3CCN(C(=O)c4cccc(OC)c4)CC3)C[C@H](C(C)C)NC(=O)[C@@H](C)NC2=O)cc1. The highest BCUT2D eigenvalue weighted by molar-refractivity contribution is 5.96. The van der Waals surface area contributed by atoms with Crippen molar-refractivity contribution in [2.24, 2.45) is 17.8 Å². The number of nitrogens with one attached hydrogen (secondary N) is 4. The highest BCUT2D eigenvalue weighted by Gasteiger charge is 2.36. The van der Waals surface area contributed by atoms with Crippen molar-refractivity contribution in [2.75, 3.05) is 40.4 Å². The highest BCUT2D eigenvalue weighted by atomic mass is 16.5. The van der Waals surface area contributed by atoms with Gasteiger partial charge in [0.2, 0.25) is 29.5 Å². The molecule has 4 N–H and O–H groups in total. The quantitative estimate of drug-likeness (QED) is 0.302. The van der Waals surface area contributed by atoms with Gasteiger partial charge in [-0.25, -0.2) is 0 Å². The second-order valence-corrected chi connectivity index (χ2v) is 15.0. The lowest BCUT2D eigenvalue weighted by molar-refractivity contribution is -0.142. The Morgan fingerprint density at radius 1 is 0.778 bits per heavy atom. The monoisotopic (exact) mass is 748 g/mol. The molecule has 0 radical (unpaired) electrons. The fourth-order valence-corrected chi connectivity index (χ4v) is 6.70. The van der Waals surface area contributed by atoms with Gasteiger partial charge in [-0.2, -0.15) is 0 Å². The summed E-state index contributed by atoms with van der Waals surface area (Å²) in [5.41, 5.74) is 1.24. The number of ether oxygens (including phenoxy) is 2. The molecule has 2 aliphatic rings. The molecule has 2 saturated heterocycles. The minimum absolute atomic E-state index is 0.00627. The second-order valence-electron chi connectivity index (χ2n) is 15.0. The van der Waals surface area contributed by atoms with E-state index in [-0.39, 0.29) is 49.6 Å². The number of rotatable bonds is 9. The summed E-state index contributed by atoms with van der Waals surface area (Å²) in [5.74, 6) is -1.93. The topological polar surface area (TPSA) is 175 Å². The minimum atomic E-state index is -1.06. The van der Waals surface area contributed by atoms with Gasteiger partial charge in [-0.05, 0) is 73.9 Å². The summed E-state index contributed by atoms with van der Waals surface area (Å²) in [7, 11) is 3.09. The van der Waals surface area contributed by atoms with Gasteiger partial charge in [0, 0.05) is 43.6 Å². The Labute approximate surface area is 318 Å². The Kier molecular flexibility index (Phi) is 14.8. The maximum Gasteiger partial charge on any atom is 0.253 e. The molecule has 2 aromatic carbocycles. The van der Waals surface area contributed by atoms with Gasteiger partial charge in [0.15, 0.2) is 0 Å². The first-order valence-corrected chi connectivity index (χ1v) is 18.7. The van der Waals surface area contributed by atoms with E-state index in [1.165, 1.54) is 12.0 Å². The van der Waals surface area contributed by atoms with Crippen molar-refractivity contribution in [3.05, 3.63) is 59.7 Å². The summed E-state index contributed by atoms with van der Waals surface area (Å²) >= 11 is 0. The number of carbonyl (C=O) groups excluding carboxylic acids is 6. The van der Waals surface area contributed by atoms with E-state index in [1.54, 1.807) is 67.5 Å². The number of hydrogen-bond acceptors (Lipinski definition) is 8. The zero-order valence-corrected chi connectivity index (χ0v) is 32.5. The number of piperidine rings is 1. The molecule has 14 nitrogen and oxygen atoms in total. The smallest absolute Gasteiger partial charge is 0.253 e. The van der Waals surface area contributed by atoms with Gasteiger partial charge in [-0.15, -0.1) is 0 Å². The number of amides is 6. The highest BCUT2D eigenvalue weighted by Crippen LogP contribution is 2.24. The summed E-state index contributed by atoms with van der Waals surface area (Å²) in [6.45, 7) is 9.59. The van der Waals surface area contributed by atoms with E-state index < -0.39 is 53.7 Å². The average Bonchev–Trinajstić information content (AvgIpc) is 3.15. The molecule has 6 amide bonds. The summed E-state index contributed by atoms with van der Waals surface area (Å²) in [5, 5.41) is 11.4. The van der Waals surface area contributed by atoms with Crippen LogP contribution in [0.2, 0.25) is 0 Å². The molecule has 0 spiro atoms. The third kappa shape index (κ3) is 11.4. The van der Waals surface area contributed by atoms with Crippen LogP contribution in [-0.2, 0) is 30.4 Å². The summed E-state index contributed by atoms with van der Waals surface area (Å²) in [6, 6.07) is 10.4. The van der Waals surface area contributed by atoms with Crippen LogP contribution in [0.15, 0.2) is 48.5 Å². The van der Waals surface area contributed by atoms with E-state index in [9.17, 15) is 28.8 Å². The van der Waals surface area contributed by atoms with Gasteiger partial charge in [0.25, 0.3) is 5.91 Å². The Balaban J connectivity index is 1.57. The van der Waals surface area contributed by atoms with Gasteiger partial charge >= 0.3 is 0 Å². The maximum absolute atomic E-state index is 14.2. The first-order chi connectivity index (χ1) is 25.7. The standard InChI is InChI=1S/C40H56N6O8/c1-24(2)19-32-38(50)43-33(20-27-11-13-30(53-6)14-12-27)37(49)41-26(5)36(48)44-34(25(3)4)22-46(23-35(47)42-32)39(51)28-15-17-45(18-16-28)40(52)29-9-8-10-31(21-29)54-7/h8-14,21,24-26,28,32-34H,15-20,22-23H2,1-7H3,(H,41,49)(H,42,47)(H,43,50)(H,44,48)/t26-,32+,33+,34-/m1/s1. The van der Waals surface area contributed by atoms with Crippen LogP contribution in [0.4, 0.5) is 0 Å². The molecule has 4 atom stereocenters. The van der Waals surface area contributed by atoms with E-state index in [0.717, 1.165) is 5.56 Å². The lowest BCUT2D eigenvalue weighted by atomic mass is 9.93. The second kappa shape index (κ2) is 19.3. The first-order valence-electron chi connectivity index (χ1n) is 18.7. The summed E-state index contributed by atoms with van der Waals surface area (Å²) in [6.07, 6.45) is 1.19. The number of methoxy groups -OCH3 is 2. The van der Waals surface area contributed by atoms with Crippen LogP contribution in [0.3, 0.4) is 0 Å². The molecular formula is C40H56N6O8. The van der Waals surface area contributed by atoms with Crippen molar-refractivity contribution in [3.63, 3.8) is 0 Å².